The van der Waals surface area contributed by atoms with Gasteiger partial charge in [0.15, 0.2) is 0 Å². The summed E-state index contributed by atoms with van der Waals surface area (Å²) in [6, 6.07) is 10.2. The minimum absolute atomic E-state index is 0.0607. The molecule has 3 rings (SSSR count). The lowest BCUT2D eigenvalue weighted by Crippen LogP contribution is -2.43. The molecule has 1 aliphatic rings. The number of halogens is 2. The highest BCUT2D eigenvalue weighted by Crippen LogP contribution is 2.29. The predicted octanol–water partition coefficient (Wildman–Crippen LogP) is 3.87. The van der Waals surface area contributed by atoms with E-state index >= 15 is 0 Å². The van der Waals surface area contributed by atoms with E-state index in [2.05, 4.69) is 21.2 Å². The molecule has 0 saturated carbocycles. The topological polar surface area (TPSA) is 75.7 Å². The molecule has 1 unspecified atom stereocenters. The minimum atomic E-state index is -3.69. The third kappa shape index (κ3) is 5.01. The first-order chi connectivity index (χ1) is 14.2. The monoisotopic (exact) mass is 498 g/mol. The molecule has 1 N–H and O–H groups in total. The van der Waals surface area contributed by atoms with Crippen LogP contribution in [-0.2, 0) is 14.8 Å². The van der Waals surface area contributed by atoms with Crippen LogP contribution in [0.15, 0.2) is 51.8 Å². The largest absolute Gasteiger partial charge is 0.496 e. The number of methoxy groups -OCH3 is 1. The number of carbonyl (C=O) groups excluding carboxylic acids is 1. The molecule has 6 nitrogen and oxygen atoms in total. The molecular weight excluding hydrogens is 475 g/mol. The maximum absolute atomic E-state index is 13.1. The number of benzene rings is 2. The molecule has 1 saturated heterocycles. The lowest BCUT2D eigenvalue weighted by Gasteiger charge is -2.31. The third-order valence-electron chi connectivity index (χ3n) is 5.31. The van der Waals surface area contributed by atoms with Crippen molar-refractivity contribution >= 4 is 31.9 Å². The molecule has 0 radical (unpaired) electrons. The first-order valence-electron chi connectivity index (χ1n) is 9.62. The van der Waals surface area contributed by atoms with Crippen LogP contribution in [0, 0.1) is 11.7 Å². The van der Waals surface area contributed by atoms with Gasteiger partial charge in [0.2, 0.25) is 15.9 Å². The molecule has 1 heterocycles. The van der Waals surface area contributed by atoms with E-state index in [4.69, 9.17) is 4.74 Å². The number of nitrogens with zero attached hydrogens (tertiary/aromatic N) is 1. The number of carbonyl (C=O) groups is 1. The van der Waals surface area contributed by atoms with Gasteiger partial charge in [-0.2, -0.15) is 4.31 Å². The minimum Gasteiger partial charge on any atom is -0.496 e. The molecule has 162 valence electrons. The fourth-order valence-electron chi connectivity index (χ4n) is 3.48. The summed E-state index contributed by atoms with van der Waals surface area (Å²) in [5.41, 5.74) is 0.937. The van der Waals surface area contributed by atoms with Gasteiger partial charge in [0.05, 0.1) is 22.5 Å². The van der Waals surface area contributed by atoms with Gasteiger partial charge >= 0.3 is 0 Å². The zero-order chi connectivity index (χ0) is 21.9. The number of hydrogen-bond acceptors (Lipinski definition) is 4. The summed E-state index contributed by atoms with van der Waals surface area (Å²) in [7, 11) is -2.10. The van der Waals surface area contributed by atoms with E-state index < -0.39 is 15.8 Å². The highest BCUT2D eigenvalue weighted by atomic mass is 79.9. The van der Waals surface area contributed by atoms with E-state index in [0.29, 0.717) is 18.6 Å². The summed E-state index contributed by atoms with van der Waals surface area (Å²) >= 11 is 3.45. The van der Waals surface area contributed by atoms with E-state index in [1.807, 2.05) is 25.1 Å². The number of hydrogen-bond donors (Lipinski definition) is 1. The molecule has 2 aromatic rings. The second kappa shape index (κ2) is 9.45. The zero-order valence-corrected chi connectivity index (χ0v) is 19.2. The number of rotatable bonds is 6. The summed E-state index contributed by atoms with van der Waals surface area (Å²) in [6.07, 6.45) is 0.872. The van der Waals surface area contributed by atoms with Crippen LogP contribution in [-0.4, -0.2) is 38.8 Å². The summed E-state index contributed by atoms with van der Waals surface area (Å²) in [4.78, 5) is 12.8. The Bertz CT molecular complexity index is 1010. The quantitative estimate of drug-likeness (QED) is 0.655. The molecule has 0 bridgehead atoms. The van der Waals surface area contributed by atoms with Crippen molar-refractivity contribution in [3.05, 3.63) is 58.3 Å². The number of amides is 1. The van der Waals surface area contributed by atoms with E-state index in [1.165, 1.54) is 16.4 Å². The second-order valence-electron chi connectivity index (χ2n) is 7.26. The molecule has 1 aliphatic heterocycles. The van der Waals surface area contributed by atoms with Crippen molar-refractivity contribution in [1.29, 1.82) is 0 Å². The van der Waals surface area contributed by atoms with Crippen LogP contribution in [0.5, 0.6) is 5.75 Å². The van der Waals surface area contributed by atoms with Gasteiger partial charge in [-0.3, -0.25) is 4.79 Å². The molecular formula is C21H24BrFN2O4S. The number of piperidine rings is 1. The molecule has 2 aromatic carbocycles. The van der Waals surface area contributed by atoms with Gasteiger partial charge in [-0.25, -0.2) is 12.8 Å². The van der Waals surface area contributed by atoms with E-state index in [-0.39, 0.29) is 35.9 Å². The maximum atomic E-state index is 13.1. The molecule has 30 heavy (non-hydrogen) atoms. The van der Waals surface area contributed by atoms with Crippen molar-refractivity contribution in [2.45, 2.75) is 30.7 Å². The lowest BCUT2D eigenvalue weighted by molar-refractivity contribution is -0.126. The Morgan fingerprint density at radius 1 is 1.20 bits per heavy atom. The second-order valence-corrected chi connectivity index (χ2v) is 10.0. The van der Waals surface area contributed by atoms with Crippen LogP contribution in [0.25, 0.3) is 0 Å². The van der Waals surface area contributed by atoms with Gasteiger partial charge in [-0.1, -0.05) is 6.07 Å². The molecule has 0 aromatic heterocycles. The van der Waals surface area contributed by atoms with Gasteiger partial charge in [0.25, 0.3) is 0 Å². The van der Waals surface area contributed by atoms with Crippen molar-refractivity contribution in [1.82, 2.24) is 9.62 Å². The van der Waals surface area contributed by atoms with Crippen LogP contribution in [0.1, 0.15) is 31.4 Å². The van der Waals surface area contributed by atoms with Gasteiger partial charge in [0, 0.05) is 19.0 Å². The Labute approximate surface area is 184 Å². The maximum Gasteiger partial charge on any atom is 0.243 e. The fourth-order valence-corrected chi connectivity index (χ4v) is 5.51. The van der Waals surface area contributed by atoms with Crippen LogP contribution in [0.2, 0.25) is 0 Å². The molecule has 0 aliphatic carbocycles. The van der Waals surface area contributed by atoms with Crippen molar-refractivity contribution in [2.24, 2.45) is 5.92 Å². The summed E-state index contributed by atoms with van der Waals surface area (Å²) in [5.74, 6) is -0.114. The average molecular weight is 499 g/mol. The molecule has 0 spiro atoms. The summed E-state index contributed by atoms with van der Waals surface area (Å²) < 4.78 is 45.9. The normalized spacial score (nSPS) is 16.8. The lowest BCUT2D eigenvalue weighted by atomic mass is 9.96. The zero-order valence-electron chi connectivity index (χ0n) is 16.8. The van der Waals surface area contributed by atoms with Crippen molar-refractivity contribution in [3.8, 4) is 5.75 Å². The van der Waals surface area contributed by atoms with Crippen LogP contribution in [0.4, 0.5) is 4.39 Å². The smallest absolute Gasteiger partial charge is 0.243 e. The highest BCUT2D eigenvalue weighted by Gasteiger charge is 2.32. The molecule has 1 amide bonds. The Morgan fingerprint density at radius 2 is 1.83 bits per heavy atom. The number of sulfonamides is 1. The Kier molecular flexibility index (Phi) is 7.15. The standard InChI is InChI=1S/C21H24BrFN2O4S/c1-14(16-3-8-20(29-2)19(22)13-16)24-21(26)15-9-11-25(12-10-15)30(27,28)18-6-4-17(23)5-7-18/h3-8,13-15H,9-12H2,1-2H3,(H,24,26). The number of ether oxygens (including phenoxy) is 1. The van der Waals surface area contributed by atoms with Gasteiger partial charge < -0.3 is 10.1 Å². The van der Waals surface area contributed by atoms with E-state index in [1.54, 1.807) is 7.11 Å². The van der Waals surface area contributed by atoms with Crippen LogP contribution >= 0.6 is 15.9 Å². The van der Waals surface area contributed by atoms with E-state index in [9.17, 15) is 17.6 Å². The van der Waals surface area contributed by atoms with Crippen LogP contribution < -0.4 is 10.1 Å². The molecule has 9 heteroatoms. The average Bonchev–Trinajstić information content (AvgIpc) is 2.74. The first-order valence-corrected chi connectivity index (χ1v) is 11.8. The Balaban J connectivity index is 1.58. The molecule has 1 fully saturated rings. The van der Waals surface area contributed by atoms with E-state index in [0.717, 1.165) is 22.2 Å². The third-order valence-corrected chi connectivity index (χ3v) is 7.84. The fraction of sp³-hybridized carbons (Fsp3) is 0.381. The van der Waals surface area contributed by atoms with Crippen molar-refractivity contribution < 1.29 is 22.3 Å². The van der Waals surface area contributed by atoms with Crippen molar-refractivity contribution in [2.75, 3.05) is 20.2 Å². The van der Waals surface area contributed by atoms with Crippen molar-refractivity contribution in [3.63, 3.8) is 0 Å². The Morgan fingerprint density at radius 3 is 2.40 bits per heavy atom. The Hall–Kier alpha value is -1.97. The predicted molar refractivity (Wildman–Crippen MR) is 115 cm³/mol. The SMILES string of the molecule is COc1ccc(C(C)NC(=O)C2CCN(S(=O)(=O)c3ccc(F)cc3)CC2)cc1Br. The summed E-state index contributed by atoms with van der Waals surface area (Å²) in [6.45, 7) is 2.40. The first kappa shape index (κ1) is 22.7. The van der Waals surface area contributed by atoms with Crippen LogP contribution in [0.3, 0.4) is 0 Å². The van der Waals surface area contributed by atoms with Gasteiger partial charge in [-0.15, -0.1) is 0 Å². The van der Waals surface area contributed by atoms with Gasteiger partial charge in [-0.05, 0) is 77.7 Å². The molecule has 1 atom stereocenters. The number of nitrogens with one attached hydrogen (secondary N) is 1. The van der Waals surface area contributed by atoms with Gasteiger partial charge in [0.1, 0.15) is 11.6 Å². The summed E-state index contributed by atoms with van der Waals surface area (Å²) in [5, 5.41) is 3.01. The highest BCUT2D eigenvalue weighted by molar-refractivity contribution is 9.10.